The molecule has 10 heteroatoms. The van der Waals surface area contributed by atoms with E-state index >= 15 is 0 Å². The van der Waals surface area contributed by atoms with Crippen LogP contribution in [-0.2, 0) is 17.8 Å². The third kappa shape index (κ3) is 4.59. The Kier molecular flexibility index (Phi) is 6.05. The summed E-state index contributed by atoms with van der Waals surface area (Å²) in [4.78, 5) is 40.1. The Morgan fingerprint density at radius 2 is 1.90 bits per heavy atom. The highest BCUT2D eigenvalue weighted by Crippen LogP contribution is 2.16. The van der Waals surface area contributed by atoms with Gasteiger partial charge in [-0.05, 0) is 38.5 Å². The van der Waals surface area contributed by atoms with E-state index in [2.05, 4.69) is 15.4 Å². The average Bonchev–Trinajstić information content (AvgIpc) is 3.02. The van der Waals surface area contributed by atoms with E-state index in [1.54, 1.807) is 4.68 Å². The molecular weight excluding hydrogens is 388 g/mol. The number of hydrogen-bond donors (Lipinski definition) is 1. The van der Waals surface area contributed by atoms with Crippen molar-refractivity contribution in [3.63, 3.8) is 0 Å². The summed E-state index contributed by atoms with van der Waals surface area (Å²) in [5, 5.41) is 17.8. The number of benzene rings is 1. The second kappa shape index (κ2) is 8.68. The van der Waals surface area contributed by atoms with Gasteiger partial charge in [0, 0.05) is 35.3 Å². The summed E-state index contributed by atoms with van der Waals surface area (Å²) in [6.45, 7) is 5.40. The summed E-state index contributed by atoms with van der Waals surface area (Å²) in [5.74, 6) is -0.186. The number of non-ortho nitro benzene ring substituents is 1. The maximum Gasteiger partial charge on any atom is 0.269 e. The van der Waals surface area contributed by atoms with Gasteiger partial charge in [0.25, 0.3) is 11.2 Å². The zero-order valence-electron chi connectivity index (χ0n) is 17.0. The first-order valence-electron chi connectivity index (χ1n) is 9.47. The van der Waals surface area contributed by atoms with Gasteiger partial charge in [0.2, 0.25) is 11.9 Å². The largest absolute Gasteiger partial charge is 0.325 e. The first-order valence-corrected chi connectivity index (χ1v) is 9.47. The molecule has 1 N–H and O–H groups in total. The van der Waals surface area contributed by atoms with E-state index in [0.29, 0.717) is 17.8 Å². The number of rotatable bonds is 7. The normalized spacial score (nSPS) is 10.8. The standard InChI is InChI=1S/C20H22N6O4/c1-4-5-16-11-19(28)24(20(22-16)25-14(3)10-13(2)23-25)12-18(27)21-15-6-8-17(9-7-15)26(29)30/h6-11H,4-5,12H2,1-3H3,(H,21,27). The minimum absolute atomic E-state index is 0.0771. The van der Waals surface area contributed by atoms with Gasteiger partial charge in [-0.2, -0.15) is 5.10 Å². The van der Waals surface area contributed by atoms with Crippen LogP contribution in [0.15, 0.2) is 41.2 Å². The van der Waals surface area contributed by atoms with Crippen LogP contribution in [0.25, 0.3) is 5.95 Å². The third-order valence-electron chi connectivity index (χ3n) is 4.41. The molecule has 30 heavy (non-hydrogen) atoms. The number of nitrogens with zero attached hydrogens (tertiary/aromatic N) is 5. The Morgan fingerprint density at radius 3 is 2.47 bits per heavy atom. The number of carbonyl (C=O) groups is 1. The quantitative estimate of drug-likeness (QED) is 0.471. The van der Waals surface area contributed by atoms with Crippen LogP contribution >= 0.6 is 0 Å². The minimum Gasteiger partial charge on any atom is -0.325 e. The van der Waals surface area contributed by atoms with Crippen molar-refractivity contribution in [3.05, 3.63) is 73.9 Å². The molecule has 156 valence electrons. The fourth-order valence-electron chi connectivity index (χ4n) is 3.08. The molecular formula is C20H22N6O4. The zero-order chi connectivity index (χ0) is 21.8. The van der Waals surface area contributed by atoms with Crippen molar-refractivity contribution in [3.8, 4) is 5.95 Å². The van der Waals surface area contributed by atoms with Crippen LogP contribution in [0.3, 0.4) is 0 Å². The van der Waals surface area contributed by atoms with E-state index in [0.717, 1.165) is 17.8 Å². The molecule has 0 unspecified atom stereocenters. The lowest BCUT2D eigenvalue weighted by Gasteiger charge is -2.14. The number of anilines is 1. The lowest BCUT2D eigenvalue weighted by Crippen LogP contribution is -2.32. The molecule has 0 radical (unpaired) electrons. The van der Waals surface area contributed by atoms with Crippen LogP contribution in [0.4, 0.5) is 11.4 Å². The van der Waals surface area contributed by atoms with Gasteiger partial charge in [0.15, 0.2) is 0 Å². The number of nitro groups is 1. The number of aromatic nitrogens is 4. The lowest BCUT2D eigenvalue weighted by molar-refractivity contribution is -0.384. The average molecular weight is 410 g/mol. The highest BCUT2D eigenvalue weighted by molar-refractivity contribution is 5.90. The molecule has 0 aliphatic rings. The number of aryl methyl sites for hydroxylation is 3. The highest BCUT2D eigenvalue weighted by Gasteiger charge is 2.17. The van der Waals surface area contributed by atoms with Crippen molar-refractivity contribution in [2.75, 3.05) is 5.32 Å². The first kappa shape index (κ1) is 20.9. The van der Waals surface area contributed by atoms with E-state index in [-0.39, 0.29) is 23.7 Å². The fraction of sp³-hybridized carbons (Fsp3) is 0.300. The molecule has 3 rings (SSSR count). The van der Waals surface area contributed by atoms with Crippen molar-refractivity contribution in [2.24, 2.45) is 0 Å². The van der Waals surface area contributed by atoms with Gasteiger partial charge < -0.3 is 5.32 Å². The highest BCUT2D eigenvalue weighted by atomic mass is 16.6. The van der Waals surface area contributed by atoms with Gasteiger partial charge in [-0.3, -0.25) is 24.3 Å². The third-order valence-corrected chi connectivity index (χ3v) is 4.41. The maximum atomic E-state index is 12.8. The van der Waals surface area contributed by atoms with Crippen molar-refractivity contribution in [1.82, 2.24) is 19.3 Å². The van der Waals surface area contributed by atoms with E-state index in [1.807, 2.05) is 26.8 Å². The molecule has 0 aliphatic carbocycles. The second-order valence-corrected chi connectivity index (χ2v) is 6.91. The summed E-state index contributed by atoms with van der Waals surface area (Å²) in [6.07, 6.45) is 1.46. The van der Waals surface area contributed by atoms with Gasteiger partial charge in [-0.1, -0.05) is 13.3 Å². The molecule has 0 saturated carbocycles. The van der Waals surface area contributed by atoms with E-state index in [1.165, 1.54) is 34.9 Å². The number of amides is 1. The van der Waals surface area contributed by atoms with Gasteiger partial charge in [-0.15, -0.1) is 0 Å². The molecule has 3 aromatic rings. The first-order chi connectivity index (χ1) is 14.3. The summed E-state index contributed by atoms with van der Waals surface area (Å²) in [7, 11) is 0. The molecule has 10 nitrogen and oxygen atoms in total. The van der Waals surface area contributed by atoms with Crippen molar-refractivity contribution >= 4 is 17.3 Å². The maximum absolute atomic E-state index is 12.8. The Hall–Kier alpha value is -3.82. The van der Waals surface area contributed by atoms with E-state index in [9.17, 15) is 19.7 Å². The summed E-state index contributed by atoms with van der Waals surface area (Å²) >= 11 is 0. The van der Waals surface area contributed by atoms with Crippen LogP contribution < -0.4 is 10.9 Å². The summed E-state index contributed by atoms with van der Waals surface area (Å²) in [5.41, 5.74) is 2.16. The molecule has 2 aromatic heterocycles. The minimum atomic E-state index is -0.518. The van der Waals surface area contributed by atoms with Gasteiger partial charge in [-0.25, -0.2) is 9.67 Å². The predicted octanol–water partition coefficient (Wildman–Crippen LogP) is 2.55. The smallest absolute Gasteiger partial charge is 0.269 e. The Bertz CT molecular complexity index is 1150. The fourth-order valence-corrected chi connectivity index (χ4v) is 3.08. The summed E-state index contributed by atoms with van der Waals surface area (Å²) < 4.78 is 2.81. The van der Waals surface area contributed by atoms with Crippen LogP contribution in [-0.4, -0.2) is 30.2 Å². The predicted molar refractivity (Wildman–Crippen MR) is 111 cm³/mol. The summed E-state index contributed by atoms with van der Waals surface area (Å²) in [6, 6.07) is 8.75. The van der Waals surface area contributed by atoms with Crippen molar-refractivity contribution < 1.29 is 9.72 Å². The molecule has 0 saturated heterocycles. The van der Waals surface area contributed by atoms with Crippen LogP contribution in [0.5, 0.6) is 0 Å². The molecule has 0 atom stereocenters. The van der Waals surface area contributed by atoms with E-state index in [4.69, 9.17) is 0 Å². The Balaban J connectivity index is 1.92. The number of carbonyl (C=O) groups excluding carboxylic acids is 1. The number of nitrogens with one attached hydrogen (secondary N) is 1. The SMILES string of the molecule is CCCc1cc(=O)n(CC(=O)Nc2ccc([N+](=O)[O-])cc2)c(-n2nc(C)cc2C)n1. The molecule has 1 aromatic carbocycles. The molecule has 0 aliphatic heterocycles. The lowest BCUT2D eigenvalue weighted by atomic mass is 10.2. The van der Waals surface area contributed by atoms with Crippen molar-refractivity contribution in [2.45, 2.75) is 40.2 Å². The molecule has 0 spiro atoms. The monoisotopic (exact) mass is 410 g/mol. The van der Waals surface area contributed by atoms with Gasteiger partial charge in [0.05, 0.1) is 10.6 Å². The Labute approximate surface area is 172 Å². The van der Waals surface area contributed by atoms with Crippen LogP contribution in [0.2, 0.25) is 0 Å². The van der Waals surface area contributed by atoms with Crippen LogP contribution in [0, 0.1) is 24.0 Å². The van der Waals surface area contributed by atoms with Crippen molar-refractivity contribution in [1.29, 1.82) is 0 Å². The molecule has 1 amide bonds. The number of nitro benzene ring substituents is 1. The van der Waals surface area contributed by atoms with Gasteiger partial charge >= 0.3 is 0 Å². The molecule has 0 fully saturated rings. The Morgan fingerprint density at radius 1 is 1.20 bits per heavy atom. The molecule has 2 heterocycles. The zero-order valence-corrected chi connectivity index (χ0v) is 17.0. The van der Waals surface area contributed by atoms with Gasteiger partial charge in [0.1, 0.15) is 6.54 Å². The van der Waals surface area contributed by atoms with E-state index < -0.39 is 10.8 Å². The molecule has 0 bridgehead atoms. The second-order valence-electron chi connectivity index (χ2n) is 6.91. The van der Waals surface area contributed by atoms with Crippen LogP contribution in [0.1, 0.15) is 30.4 Å². The topological polar surface area (TPSA) is 125 Å². The number of hydrogen-bond acceptors (Lipinski definition) is 6.